The van der Waals surface area contributed by atoms with Crippen molar-refractivity contribution in [3.8, 4) is 0 Å². The molecule has 0 aromatic carbocycles. The molecule has 1 aromatic rings. The van der Waals surface area contributed by atoms with Gasteiger partial charge in [-0.2, -0.15) is 0 Å². The normalized spacial score (nSPS) is 19.4. The van der Waals surface area contributed by atoms with Crippen LogP contribution in [0.3, 0.4) is 0 Å². The van der Waals surface area contributed by atoms with Crippen molar-refractivity contribution in [2.75, 3.05) is 18.0 Å². The average Bonchev–Trinajstić information content (AvgIpc) is 2.39. The lowest BCUT2D eigenvalue weighted by Gasteiger charge is -2.31. The van der Waals surface area contributed by atoms with Crippen LogP contribution in [-0.4, -0.2) is 34.4 Å². The third-order valence-corrected chi connectivity index (χ3v) is 3.33. The van der Waals surface area contributed by atoms with Crippen LogP contribution in [0.25, 0.3) is 0 Å². The predicted molar refractivity (Wildman–Crippen MR) is 66.9 cm³/mol. The van der Waals surface area contributed by atoms with E-state index in [1.165, 1.54) is 0 Å². The van der Waals surface area contributed by atoms with Crippen molar-refractivity contribution in [3.05, 3.63) is 24.0 Å². The molecule has 0 amide bonds. The zero-order valence-corrected chi connectivity index (χ0v) is 10.2. The van der Waals surface area contributed by atoms with Crippen molar-refractivity contribution in [3.63, 3.8) is 0 Å². The smallest absolute Gasteiger partial charge is 0.0957 e. The second-order valence-corrected chi connectivity index (χ2v) is 4.58. The molecule has 2 rings (SSSR count). The van der Waals surface area contributed by atoms with Crippen LogP contribution in [-0.2, 0) is 0 Å². The molecular weight excluding hydrogens is 216 g/mol. The summed E-state index contributed by atoms with van der Waals surface area (Å²) in [6.07, 6.45) is 3.51. The van der Waals surface area contributed by atoms with Gasteiger partial charge in [-0.05, 0) is 31.4 Å². The van der Waals surface area contributed by atoms with Crippen LogP contribution < -0.4 is 4.90 Å². The van der Waals surface area contributed by atoms with Crippen molar-refractivity contribution in [2.45, 2.75) is 38.4 Å². The second kappa shape index (κ2) is 5.47. The van der Waals surface area contributed by atoms with Crippen LogP contribution in [0.1, 0.15) is 38.0 Å². The summed E-state index contributed by atoms with van der Waals surface area (Å²) in [6, 6.07) is 3.88. The van der Waals surface area contributed by atoms with Crippen LogP contribution in [0.15, 0.2) is 18.3 Å². The van der Waals surface area contributed by atoms with E-state index < -0.39 is 6.10 Å². The van der Waals surface area contributed by atoms with Gasteiger partial charge in [0.1, 0.15) is 0 Å². The molecule has 2 heterocycles. The quantitative estimate of drug-likeness (QED) is 0.834. The lowest BCUT2D eigenvalue weighted by Crippen LogP contribution is -2.35. The largest absolute Gasteiger partial charge is 0.393 e. The Hall–Kier alpha value is -1.13. The summed E-state index contributed by atoms with van der Waals surface area (Å²) in [5, 5.41) is 19.1. The minimum Gasteiger partial charge on any atom is -0.393 e. The Morgan fingerprint density at radius 2 is 2.12 bits per heavy atom. The van der Waals surface area contributed by atoms with Crippen LogP contribution in [0, 0.1) is 0 Å². The summed E-state index contributed by atoms with van der Waals surface area (Å²) < 4.78 is 0. The van der Waals surface area contributed by atoms with Gasteiger partial charge in [0, 0.05) is 13.1 Å². The summed E-state index contributed by atoms with van der Waals surface area (Å²) >= 11 is 0. The zero-order chi connectivity index (χ0) is 12.3. The third kappa shape index (κ3) is 2.96. The van der Waals surface area contributed by atoms with Crippen molar-refractivity contribution in [1.29, 1.82) is 0 Å². The van der Waals surface area contributed by atoms with Gasteiger partial charge in [-0.1, -0.05) is 6.92 Å². The number of anilines is 1. The van der Waals surface area contributed by atoms with E-state index in [1.807, 2.05) is 25.3 Å². The molecule has 0 unspecified atom stereocenters. The Labute approximate surface area is 102 Å². The summed E-state index contributed by atoms with van der Waals surface area (Å²) in [6.45, 7) is 3.68. The average molecular weight is 236 g/mol. The monoisotopic (exact) mass is 236 g/mol. The topological polar surface area (TPSA) is 56.6 Å². The molecule has 1 aromatic heterocycles. The molecule has 1 fully saturated rings. The number of aromatic nitrogens is 1. The summed E-state index contributed by atoms with van der Waals surface area (Å²) in [7, 11) is 0. The van der Waals surface area contributed by atoms with Crippen molar-refractivity contribution in [2.24, 2.45) is 0 Å². The number of hydrogen-bond donors (Lipinski definition) is 2. The molecule has 1 atom stereocenters. The van der Waals surface area contributed by atoms with Crippen molar-refractivity contribution in [1.82, 2.24) is 4.98 Å². The van der Waals surface area contributed by atoms with Crippen LogP contribution in [0.5, 0.6) is 0 Å². The van der Waals surface area contributed by atoms with Crippen LogP contribution >= 0.6 is 0 Å². The molecule has 2 N–H and O–H groups in total. The Bertz CT molecular complexity index is 345. The first-order valence-corrected chi connectivity index (χ1v) is 6.27. The molecule has 4 heteroatoms. The lowest BCUT2D eigenvalue weighted by molar-refractivity contribution is 0.145. The maximum absolute atomic E-state index is 9.66. The van der Waals surface area contributed by atoms with Gasteiger partial charge in [-0.15, -0.1) is 0 Å². The Balaban J connectivity index is 2.02. The van der Waals surface area contributed by atoms with E-state index in [1.54, 1.807) is 0 Å². The molecule has 1 saturated heterocycles. The Kier molecular flexibility index (Phi) is 3.97. The van der Waals surface area contributed by atoms with E-state index >= 15 is 0 Å². The lowest BCUT2D eigenvalue weighted by atomic mass is 10.1. The SMILES string of the molecule is CC[C@@H](O)c1ccc(N2CCC(O)CC2)cn1. The van der Waals surface area contributed by atoms with E-state index in [2.05, 4.69) is 9.88 Å². The Morgan fingerprint density at radius 3 is 2.65 bits per heavy atom. The molecule has 94 valence electrons. The molecule has 1 aliphatic heterocycles. The van der Waals surface area contributed by atoms with Gasteiger partial charge >= 0.3 is 0 Å². The van der Waals surface area contributed by atoms with E-state index in [4.69, 9.17) is 0 Å². The number of hydrogen-bond acceptors (Lipinski definition) is 4. The van der Waals surface area contributed by atoms with Crippen LogP contribution in [0.2, 0.25) is 0 Å². The van der Waals surface area contributed by atoms with E-state index in [9.17, 15) is 10.2 Å². The standard InChI is InChI=1S/C13H20N2O2/c1-2-13(17)12-4-3-10(9-14-12)15-7-5-11(16)6-8-15/h3-4,9,11,13,16-17H,2,5-8H2,1H3/t13-/m1/s1. The van der Waals surface area contributed by atoms with E-state index in [-0.39, 0.29) is 6.10 Å². The summed E-state index contributed by atoms with van der Waals surface area (Å²) in [5.41, 5.74) is 1.80. The van der Waals surface area contributed by atoms with Crippen LogP contribution in [0.4, 0.5) is 5.69 Å². The van der Waals surface area contributed by atoms with E-state index in [0.29, 0.717) is 6.42 Å². The Morgan fingerprint density at radius 1 is 1.41 bits per heavy atom. The molecule has 0 bridgehead atoms. The summed E-state index contributed by atoms with van der Waals surface area (Å²) in [4.78, 5) is 6.51. The van der Waals surface area contributed by atoms with Gasteiger partial charge < -0.3 is 15.1 Å². The highest BCUT2D eigenvalue weighted by Crippen LogP contribution is 2.21. The number of pyridine rings is 1. The van der Waals surface area contributed by atoms with Gasteiger partial charge in [0.15, 0.2) is 0 Å². The minimum atomic E-state index is -0.466. The minimum absolute atomic E-state index is 0.152. The number of aliphatic hydroxyl groups is 2. The van der Waals surface area contributed by atoms with E-state index in [0.717, 1.165) is 37.3 Å². The highest BCUT2D eigenvalue weighted by atomic mass is 16.3. The zero-order valence-electron chi connectivity index (χ0n) is 10.2. The molecule has 0 spiro atoms. The fraction of sp³-hybridized carbons (Fsp3) is 0.615. The fourth-order valence-corrected chi connectivity index (χ4v) is 2.11. The first-order valence-electron chi connectivity index (χ1n) is 6.27. The molecule has 0 radical (unpaired) electrons. The number of rotatable bonds is 3. The van der Waals surface area contributed by atoms with Gasteiger partial charge in [0.05, 0.1) is 29.8 Å². The molecular formula is C13H20N2O2. The first-order chi connectivity index (χ1) is 8.20. The number of nitrogens with zero attached hydrogens (tertiary/aromatic N) is 2. The predicted octanol–water partition coefficient (Wildman–Crippen LogP) is 1.49. The number of aliphatic hydroxyl groups excluding tert-OH is 2. The first kappa shape index (κ1) is 12.3. The van der Waals surface area contributed by atoms with Gasteiger partial charge in [-0.3, -0.25) is 4.98 Å². The summed E-state index contributed by atoms with van der Waals surface area (Å²) in [5.74, 6) is 0. The maximum atomic E-state index is 9.66. The molecule has 0 aliphatic carbocycles. The van der Waals surface area contributed by atoms with Gasteiger partial charge in [-0.25, -0.2) is 0 Å². The number of piperidine rings is 1. The molecule has 1 aliphatic rings. The fourth-order valence-electron chi connectivity index (χ4n) is 2.11. The molecule has 0 saturated carbocycles. The highest BCUT2D eigenvalue weighted by molar-refractivity contribution is 5.45. The highest BCUT2D eigenvalue weighted by Gasteiger charge is 2.17. The third-order valence-electron chi connectivity index (χ3n) is 3.33. The van der Waals surface area contributed by atoms with Gasteiger partial charge in [0.2, 0.25) is 0 Å². The maximum Gasteiger partial charge on any atom is 0.0957 e. The molecule has 17 heavy (non-hydrogen) atoms. The van der Waals surface area contributed by atoms with Crippen molar-refractivity contribution < 1.29 is 10.2 Å². The van der Waals surface area contributed by atoms with Crippen molar-refractivity contribution >= 4 is 5.69 Å². The molecule has 4 nitrogen and oxygen atoms in total. The van der Waals surface area contributed by atoms with Gasteiger partial charge in [0.25, 0.3) is 0 Å². The second-order valence-electron chi connectivity index (χ2n) is 4.58.